The first-order valence-corrected chi connectivity index (χ1v) is 6.77. The number of halogens is 1. The van der Waals surface area contributed by atoms with Crippen LogP contribution < -0.4 is 5.32 Å². The van der Waals surface area contributed by atoms with E-state index in [4.69, 9.17) is 4.74 Å². The van der Waals surface area contributed by atoms with E-state index < -0.39 is 23.0 Å². The van der Waals surface area contributed by atoms with Crippen molar-refractivity contribution in [1.82, 2.24) is 0 Å². The van der Waals surface area contributed by atoms with E-state index in [1.165, 1.54) is 18.2 Å². The van der Waals surface area contributed by atoms with Crippen LogP contribution >= 0.6 is 0 Å². The fourth-order valence-corrected chi connectivity index (χ4v) is 2.00. The van der Waals surface area contributed by atoms with Gasteiger partial charge in [-0.3, -0.25) is 14.5 Å². The molecule has 1 aromatic carbocycles. The van der Waals surface area contributed by atoms with Gasteiger partial charge in [-0.05, 0) is 31.9 Å². The molecule has 0 aromatic heterocycles. The summed E-state index contributed by atoms with van der Waals surface area (Å²) in [7, 11) is 0. The maximum atomic E-state index is 12.9. The largest absolute Gasteiger partial charge is 0.462 e. The summed E-state index contributed by atoms with van der Waals surface area (Å²) in [6, 6.07) is 3.98. The molecule has 1 aliphatic carbocycles. The molecule has 2 rings (SSSR count). The average Bonchev–Trinajstić information content (AvgIpc) is 3.25. The number of rotatable bonds is 7. The van der Waals surface area contributed by atoms with Gasteiger partial charge in [0, 0.05) is 18.0 Å². The topological polar surface area (TPSA) is 81.5 Å². The number of hydrogen-bond donors (Lipinski definition) is 1. The Morgan fingerprint density at radius 3 is 2.76 bits per heavy atom. The van der Waals surface area contributed by atoms with Gasteiger partial charge in [0.25, 0.3) is 5.69 Å². The smallest absolute Gasteiger partial charge is 0.338 e. The van der Waals surface area contributed by atoms with Crippen molar-refractivity contribution in [3.63, 3.8) is 0 Å². The number of carbonyl (C=O) groups is 1. The Morgan fingerprint density at radius 2 is 2.24 bits per heavy atom. The molecule has 0 atom stereocenters. The zero-order chi connectivity index (χ0) is 15.5. The molecular weight excluding hydrogens is 279 g/mol. The quantitative estimate of drug-likeness (QED) is 0.475. The molecule has 0 heterocycles. The monoisotopic (exact) mass is 296 g/mol. The lowest BCUT2D eigenvalue weighted by Gasteiger charge is -2.13. The molecule has 1 N–H and O–H groups in total. The van der Waals surface area contributed by atoms with Gasteiger partial charge in [-0.25, -0.2) is 4.79 Å². The number of nitrogens with zero attached hydrogens (tertiary/aromatic N) is 1. The van der Waals surface area contributed by atoms with Crippen molar-refractivity contribution in [3.8, 4) is 0 Å². The van der Waals surface area contributed by atoms with E-state index in [1.54, 1.807) is 6.92 Å². The standard InChI is InChI=1S/C14H17FN2O4/c1-2-21-13(18)10-3-4-12(17(19)20)11(7-10)16-9-14(8-15)5-6-14/h3-4,7,16H,2,5-6,8-9H2,1H3. The summed E-state index contributed by atoms with van der Waals surface area (Å²) in [4.78, 5) is 22.1. The van der Waals surface area contributed by atoms with Crippen LogP contribution in [0.2, 0.25) is 0 Å². The minimum absolute atomic E-state index is 0.141. The zero-order valence-corrected chi connectivity index (χ0v) is 11.7. The van der Waals surface area contributed by atoms with E-state index in [0.29, 0.717) is 6.54 Å². The van der Waals surface area contributed by atoms with Gasteiger partial charge in [-0.2, -0.15) is 0 Å². The molecule has 114 valence electrons. The third-order valence-corrected chi connectivity index (χ3v) is 3.60. The molecule has 1 aromatic rings. The molecule has 1 fully saturated rings. The molecule has 0 radical (unpaired) electrons. The number of carbonyl (C=O) groups excluding carboxylic acids is 1. The highest BCUT2D eigenvalue weighted by Gasteiger charge is 2.42. The van der Waals surface area contributed by atoms with Crippen LogP contribution in [-0.4, -0.2) is 30.7 Å². The van der Waals surface area contributed by atoms with Crippen LogP contribution in [0.1, 0.15) is 30.1 Å². The van der Waals surface area contributed by atoms with Gasteiger partial charge in [0.15, 0.2) is 0 Å². The number of ether oxygens (including phenoxy) is 1. The fraction of sp³-hybridized carbons (Fsp3) is 0.500. The fourth-order valence-electron chi connectivity index (χ4n) is 2.00. The number of nitrogens with one attached hydrogen (secondary N) is 1. The molecule has 7 heteroatoms. The number of hydrogen-bond acceptors (Lipinski definition) is 5. The Labute approximate surface area is 121 Å². The van der Waals surface area contributed by atoms with Crippen molar-refractivity contribution in [2.24, 2.45) is 5.41 Å². The molecule has 0 aliphatic heterocycles. The van der Waals surface area contributed by atoms with Gasteiger partial charge in [0.05, 0.1) is 23.8 Å². The maximum absolute atomic E-state index is 12.9. The van der Waals surface area contributed by atoms with Crippen molar-refractivity contribution in [3.05, 3.63) is 33.9 Å². The second-order valence-corrected chi connectivity index (χ2v) is 5.20. The molecule has 1 saturated carbocycles. The van der Waals surface area contributed by atoms with Gasteiger partial charge >= 0.3 is 5.97 Å². The summed E-state index contributed by atoms with van der Waals surface area (Å²) in [6.07, 6.45) is 1.53. The van der Waals surface area contributed by atoms with Crippen molar-refractivity contribution in [1.29, 1.82) is 0 Å². The Balaban J connectivity index is 2.20. The van der Waals surface area contributed by atoms with Gasteiger partial charge < -0.3 is 10.1 Å². The second kappa shape index (κ2) is 6.07. The lowest BCUT2D eigenvalue weighted by molar-refractivity contribution is -0.384. The number of nitro benzene ring substituents is 1. The summed E-state index contributed by atoms with van der Waals surface area (Å²) in [5.41, 5.74) is -0.105. The molecule has 1 aliphatic rings. The van der Waals surface area contributed by atoms with Crippen LogP contribution in [0, 0.1) is 15.5 Å². The van der Waals surface area contributed by atoms with Gasteiger partial charge in [0.1, 0.15) is 5.69 Å². The van der Waals surface area contributed by atoms with Crippen LogP contribution in [0.15, 0.2) is 18.2 Å². The minimum Gasteiger partial charge on any atom is -0.462 e. The molecule has 6 nitrogen and oxygen atoms in total. The molecule has 0 bridgehead atoms. The number of anilines is 1. The van der Waals surface area contributed by atoms with Crippen LogP contribution in [0.25, 0.3) is 0 Å². The van der Waals surface area contributed by atoms with Crippen LogP contribution in [0.4, 0.5) is 15.8 Å². The highest BCUT2D eigenvalue weighted by molar-refractivity contribution is 5.91. The van der Waals surface area contributed by atoms with E-state index in [9.17, 15) is 19.3 Å². The predicted molar refractivity (Wildman–Crippen MR) is 75.2 cm³/mol. The molecule has 21 heavy (non-hydrogen) atoms. The summed E-state index contributed by atoms with van der Waals surface area (Å²) in [6.45, 7) is 1.77. The summed E-state index contributed by atoms with van der Waals surface area (Å²) in [5, 5.41) is 13.9. The Bertz CT molecular complexity index is 558. The number of alkyl halides is 1. The Kier molecular flexibility index (Phi) is 4.40. The van der Waals surface area contributed by atoms with Crippen LogP contribution in [0.5, 0.6) is 0 Å². The van der Waals surface area contributed by atoms with Gasteiger partial charge in [-0.15, -0.1) is 0 Å². The molecule has 0 amide bonds. The summed E-state index contributed by atoms with van der Waals surface area (Å²) in [5.74, 6) is -0.540. The Morgan fingerprint density at radius 1 is 1.52 bits per heavy atom. The highest BCUT2D eigenvalue weighted by Crippen LogP contribution is 2.46. The third kappa shape index (κ3) is 3.48. The number of nitro groups is 1. The van der Waals surface area contributed by atoms with E-state index in [2.05, 4.69) is 5.32 Å². The number of benzene rings is 1. The average molecular weight is 296 g/mol. The minimum atomic E-state index is -0.540. The highest BCUT2D eigenvalue weighted by atomic mass is 19.1. The van der Waals surface area contributed by atoms with Crippen molar-refractivity contribution in [2.75, 3.05) is 25.1 Å². The normalized spacial score (nSPS) is 15.3. The van der Waals surface area contributed by atoms with E-state index in [1.807, 2.05) is 0 Å². The van der Waals surface area contributed by atoms with Crippen molar-refractivity contribution >= 4 is 17.3 Å². The van der Waals surface area contributed by atoms with E-state index in [0.717, 1.165) is 12.8 Å². The van der Waals surface area contributed by atoms with Gasteiger partial charge in [0.2, 0.25) is 0 Å². The second-order valence-electron chi connectivity index (χ2n) is 5.20. The first-order chi connectivity index (χ1) is 10.0. The van der Waals surface area contributed by atoms with Crippen LogP contribution in [-0.2, 0) is 4.74 Å². The first kappa shape index (κ1) is 15.2. The predicted octanol–water partition coefficient (Wildman–Crippen LogP) is 2.93. The Hall–Kier alpha value is -2.18. The SMILES string of the molecule is CCOC(=O)c1ccc([N+](=O)[O-])c(NCC2(CF)CC2)c1. The van der Waals surface area contributed by atoms with Crippen LogP contribution in [0.3, 0.4) is 0 Å². The summed E-state index contributed by atoms with van der Waals surface area (Å²) >= 11 is 0. The van der Waals surface area contributed by atoms with E-state index in [-0.39, 0.29) is 23.5 Å². The molecule has 0 unspecified atom stereocenters. The molecule has 0 saturated heterocycles. The number of esters is 1. The van der Waals surface area contributed by atoms with Gasteiger partial charge in [-0.1, -0.05) is 0 Å². The lowest BCUT2D eigenvalue weighted by Crippen LogP contribution is -2.18. The van der Waals surface area contributed by atoms with Crippen molar-refractivity contribution in [2.45, 2.75) is 19.8 Å². The first-order valence-electron chi connectivity index (χ1n) is 6.77. The van der Waals surface area contributed by atoms with Crippen molar-refractivity contribution < 1.29 is 18.8 Å². The van der Waals surface area contributed by atoms with E-state index >= 15 is 0 Å². The summed E-state index contributed by atoms with van der Waals surface area (Å²) < 4.78 is 17.7. The third-order valence-electron chi connectivity index (χ3n) is 3.60. The molecular formula is C14H17FN2O4. The zero-order valence-electron chi connectivity index (χ0n) is 11.7. The lowest BCUT2D eigenvalue weighted by atomic mass is 10.1. The maximum Gasteiger partial charge on any atom is 0.338 e. The molecule has 0 spiro atoms.